The van der Waals surface area contributed by atoms with Crippen LogP contribution in [0.15, 0.2) is 24.3 Å². The van der Waals surface area contributed by atoms with E-state index in [0.717, 1.165) is 0 Å². The van der Waals surface area contributed by atoms with Gasteiger partial charge in [-0.05, 0) is 44.5 Å². The molecule has 1 rings (SSSR count). The molecule has 0 bridgehead atoms. The van der Waals surface area contributed by atoms with Gasteiger partial charge in [-0.25, -0.2) is 0 Å². The molecule has 5 nitrogen and oxygen atoms in total. The van der Waals surface area contributed by atoms with Gasteiger partial charge in [-0.15, -0.1) is 0 Å². The zero-order valence-corrected chi connectivity index (χ0v) is 11.1. The van der Waals surface area contributed by atoms with Crippen LogP contribution in [0.25, 0.3) is 0 Å². The van der Waals surface area contributed by atoms with Gasteiger partial charge in [0, 0.05) is 5.56 Å². The molecule has 1 aromatic rings. The predicted octanol–water partition coefficient (Wildman–Crippen LogP) is 0.961. The van der Waals surface area contributed by atoms with Crippen molar-refractivity contribution >= 4 is 17.7 Å². The summed E-state index contributed by atoms with van der Waals surface area (Å²) in [7, 11) is 0. The standard InChI is InChI=1S/C14H16O5/c1-4-14(2,3)13(18)19-10-7-5-9(6-8-10)11(15)12(16)17/h5-8H,4H2,1-3H3,(H,16,17)/p-1. The van der Waals surface area contributed by atoms with Crippen molar-refractivity contribution in [3.05, 3.63) is 29.8 Å². The maximum atomic E-state index is 11.8. The molecular weight excluding hydrogens is 248 g/mol. The van der Waals surface area contributed by atoms with Crippen molar-refractivity contribution in [1.29, 1.82) is 0 Å². The van der Waals surface area contributed by atoms with Crippen LogP contribution in [0.5, 0.6) is 5.75 Å². The van der Waals surface area contributed by atoms with E-state index >= 15 is 0 Å². The average molecular weight is 263 g/mol. The SMILES string of the molecule is CCC(C)(C)C(=O)Oc1ccc(C(=O)C(=O)[O-])cc1. The Morgan fingerprint density at radius 2 is 1.68 bits per heavy atom. The topological polar surface area (TPSA) is 83.5 Å². The Morgan fingerprint density at radius 3 is 2.11 bits per heavy atom. The number of carboxylic acid groups (broad SMARTS) is 1. The van der Waals surface area contributed by atoms with Gasteiger partial charge >= 0.3 is 5.97 Å². The Kier molecular flexibility index (Phi) is 4.43. The molecule has 102 valence electrons. The second kappa shape index (κ2) is 5.65. The molecule has 1 aromatic carbocycles. The summed E-state index contributed by atoms with van der Waals surface area (Å²) in [4.78, 5) is 33.3. The van der Waals surface area contributed by atoms with Crippen molar-refractivity contribution in [1.82, 2.24) is 0 Å². The van der Waals surface area contributed by atoms with Crippen LogP contribution in [-0.2, 0) is 9.59 Å². The first-order chi connectivity index (χ1) is 8.77. The number of Topliss-reactive ketones (excluding diaryl/α,β-unsaturated/α-hetero) is 1. The van der Waals surface area contributed by atoms with Gasteiger partial charge in [0.2, 0.25) is 5.78 Å². The van der Waals surface area contributed by atoms with Crippen LogP contribution in [0.1, 0.15) is 37.6 Å². The number of hydrogen-bond donors (Lipinski definition) is 0. The van der Waals surface area contributed by atoms with Crippen LogP contribution in [0.3, 0.4) is 0 Å². The first-order valence-corrected chi connectivity index (χ1v) is 5.86. The van der Waals surface area contributed by atoms with E-state index in [1.165, 1.54) is 24.3 Å². The highest BCUT2D eigenvalue weighted by Crippen LogP contribution is 2.23. The van der Waals surface area contributed by atoms with Gasteiger partial charge in [0.15, 0.2) is 0 Å². The van der Waals surface area contributed by atoms with Crippen LogP contribution in [0.2, 0.25) is 0 Å². The predicted molar refractivity (Wildman–Crippen MR) is 65.5 cm³/mol. The van der Waals surface area contributed by atoms with Gasteiger partial charge in [-0.3, -0.25) is 9.59 Å². The maximum Gasteiger partial charge on any atom is 0.316 e. The van der Waals surface area contributed by atoms with Crippen LogP contribution in [-0.4, -0.2) is 17.7 Å². The average Bonchev–Trinajstić information content (AvgIpc) is 2.38. The monoisotopic (exact) mass is 263 g/mol. The van der Waals surface area contributed by atoms with Crippen LogP contribution < -0.4 is 9.84 Å². The van der Waals surface area contributed by atoms with Crippen molar-refractivity contribution in [3.8, 4) is 5.75 Å². The van der Waals surface area contributed by atoms with Crippen molar-refractivity contribution < 1.29 is 24.2 Å². The lowest BCUT2D eigenvalue weighted by Gasteiger charge is -2.20. The summed E-state index contributed by atoms with van der Waals surface area (Å²) in [5, 5.41) is 10.4. The second-order valence-electron chi connectivity index (χ2n) is 4.77. The second-order valence-corrected chi connectivity index (χ2v) is 4.77. The quantitative estimate of drug-likeness (QED) is 0.342. The van der Waals surface area contributed by atoms with Gasteiger partial charge in [0.25, 0.3) is 0 Å². The molecule has 0 aliphatic rings. The number of carbonyl (C=O) groups is 3. The fraction of sp³-hybridized carbons (Fsp3) is 0.357. The molecule has 0 unspecified atom stereocenters. The van der Waals surface area contributed by atoms with Gasteiger partial charge in [-0.1, -0.05) is 6.92 Å². The molecule has 0 aliphatic carbocycles. The van der Waals surface area contributed by atoms with Crippen LogP contribution in [0.4, 0.5) is 0 Å². The summed E-state index contributed by atoms with van der Waals surface area (Å²) < 4.78 is 5.15. The number of hydrogen-bond acceptors (Lipinski definition) is 5. The van der Waals surface area contributed by atoms with Crippen LogP contribution in [0, 0.1) is 5.41 Å². The first kappa shape index (κ1) is 14.9. The number of rotatable bonds is 5. The normalized spacial score (nSPS) is 10.9. The Labute approximate surface area is 111 Å². The summed E-state index contributed by atoms with van der Waals surface area (Å²) in [5.74, 6) is -2.99. The molecule has 0 saturated heterocycles. The van der Waals surface area contributed by atoms with E-state index in [9.17, 15) is 19.5 Å². The molecule has 0 heterocycles. The number of ether oxygens (including phenoxy) is 1. The highest BCUT2D eigenvalue weighted by Gasteiger charge is 2.27. The molecule has 0 aliphatic heterocycles. The van der Waals surface area contributed by atoms with E-state index in [1.807, 2.05) is 6.92 Å². The van der Waals surface area contributed by atoms with Gasteiger partial charge in [0.1, 0.15) is 11.7 Å². The zero-order chi connectivity index (χ0) is 14.6. The molecule has 0 atom stereocenters. The molecule has 0 amide bonds. The van der Waals surface area contributed by atoms with Gasteiger partial charge in [0.05, 0.1) is 5.41 Å². The van der Waals surface area contributed by atoms with Crippen molar-refractivity contribution in [2.24, 2.45) is 5.41 Å². The summed E-state index contributed by atoms with van der Waals surface area (Å²) in [6, 6.07) is 5.30. The smallest absolute Gasteiger partial charge is 0.316 e. The zero-order valence-electron chi connectivity index (χ0n) is 11.1. The van der Waals surface area contributed by atoms with Crippen molar-refractivity contribution in [2.75, 3.05) is 0 Å². The number of ketones is 1. The van der Waals surface area contributed by atoms with E-state index in [4.69, 9.17) is 4.74 Å². The largest absolute Gasteiger partial charge is 0.541 e. The minimum absolute atomic E-state index is 0.0189. The van der Waals surface area contributed by atoms with Gasteiger partial charge < -0.3 is 14.6 Å². The summed E-state index contributed by atoms with van der Waals surface area (Å²) in [5.41, 5.74) is -0.617. The molecule has 5 heteroatoms. The van der Waals surface area contributed by atoms with E-state index < -0.39 is 17.2 Å². The van der Waals surface area contributed by atoms with Crippen molar-refractivity contribution in [3.63, 3.8) is 0 Å². The lowest BCUT2D eigenvalue weighted by molar-refractivity contribution is -0.296. The molecule has 19 heavy (non-hydrogen) atoms. The number of carboxylic acids is 1. The molecule has 0 saturated carbocycles. The highest BCUT2D eigenvalue weighted by molar-refractivity contribution is 6.38. The lowest BCUT2D eigenvalue weighted by atomic mass is 9.91. The molecule has 0 spiro atoms. The Bertz CT molecular complexity index is 499. The Hall–Kier alpha value is -2.17. The first-order valence-electron chi connectivity index (χ1n) is 5.86. The Morgan fingerprint density at radius 1 is 1.16 bits per heavy atom. The minimum atomic E-state index is -1.77. The third-order valence-corrected chi connectivity index (χ3v) is 2.95. The third kappa shape index (κ3) is 3.64. The summed E-state index contributed by atoms with van der Waals surface area (Å²) >= 11 is 0. The molecule has 0 aromatic heterocycles. The van der Waals surface area contributed by atoms with Crippen molar-refractivity contribution in [2.45, 2.75) is 27.2 Å². The number of aliphatic carboxylic acids is 1. The number of carbonyl (C=O) groups excluding carboxylic acids is 3. The maximum absolute atomic E-state index is 11.8. The fourth-order valence-electron chi connectivity index (χ4n) is 1.18. The summed E-state index contributed by atoms with van der Waals surface area (Å²) in [6.45, 7) is 5.41. The number of esters is 1. The molecule has 0 fully saturated rings. The molecule has 0 N–H and O–H groups in total. The molecule has 0 radical (unpaired) electrons. The third-order valence-electron chi connectivity index (χ3n) is 2.95. The van der Waals surface area contributed by atoms with E-state index in [0.29, 0.717) is 6.42 Å². The fourth-order valence-corrected chi connectivity index (χ4v) is 1.18. The van der Waals surface area contributed by atoms with Gasteiger partial charge in [-0.2, -0.15) is 0 Å². The molecular formula is C14H15O5-. The van der Waals surface area contributed by atoms with E-state index in [1.54, 1.807) is 13.8 Å². The number of benzene rings is 1. The minimum Gasteiger partial charge on any atom is -0.541 e. The summed E-state index contributed by atoms with van der Waals surface area (Å²) in [6.07, 6.45) is 0.632. The van der Waals surface area contributed by atoms with E-state index in [2.05, 4.69) is 0 Å². The lowest BCUT2D eigenvalue weighted by Crippen LogP contribution is -2.31. The van der Waals surface area contributed by atoms with Crippen LogP contribution >= 0.6 is 0 Å². The highest BCUT2D eigenvalue weighted by atomic mass is 16.5. The van der Waals surface area contributed by atoms with E-state index in [-0.39, 0.29) is 17.3 Å². The Balaban J connectivity index is 2.81.